The van der Waals surface area contributed by atoms with Crippen LogP contribution >= 0.6 is 0 Å². The number of anilines is 1. The minimum absolute atomic E-state index is 0.583. The second kappa shape index (κ2) is 4.20. The quantitative estimate of drug-likeness (QED) is 0.349. The second-order valence-electron chi connectivity index (χ2n) is 2.27. The van der Waals surface area contributed by atoms with Crippen molar-refractivity contribution in [2.24, 2.45) is 0 Å². The zero-order valence-electron chi connectivity index (χ0n) is 6.82. The van der Waals surface area contributed by atoms with Gasteiger partial charge in [0.05, 0.1) is 0 Å². The molecule has 0 aliphatic carbocycles. The maximum Gasteiger partial charge on any atom is 0.194 e. The molecule has 0 saturated heterocycles. The first kappa shape index (κ1) is 8.35. The van der Waals surface area contributed by atoms with Gasteiger partial charge in [0.2, 0.25) is 0 Å². The van der Waals surface area contributed by atoms with Gasteiger partial charge in [-0.25, -0.2) is 0 Å². The monoisotopic (exact) mass is 159 g/mol. The number of para-hydroxylation sites is 1. The van der Waals surface area contributed by atoms with Gasteiger partial charge in [-0.3, -0.25) is 4.79 Å². The Morgan fingerprint density at radius 3 is 2.58 bits per heavy atom. The molecule has 1 rings (SSSR count). The van der Waals surface area contributed by atoms with Crippen LogP contribution in [0.4, 0.5) is 5.69 Å². The molecule has 0 aromatic heterocycles. The van der Waals surface area contributed by atoms with Crippen LogP contribution in [0.5, 0.6) is 0 Å². The highest BCUT2D eigenvalue weighted by Gasteiger charge is 1.92. The topological polar surface area (TPSA) is 20.3 Å². The lowest BCUT2D eigenvalue weighted by atomic mass is 10.3. The third kappa shape index (κ3) is 2.14. The Morgan fingerprint density at radius 1 is 1.33 bits per heavy atom. The van der Waals surface area contributed by atoms with E-state index in [0.29, 0.717) is 6.29 Å². The average molecular weight is 159 g/mol. The molecule has 0 heterocycles. The van der Waals surface area contributed by atoms with Gasteiger partial charge in [-0.05, 0) is 18.1 Å². The van der Waals surface area contributed by atoms with Crippen LogP contribution < -0.4 is 4.90 Å². The van der Waals surface area contributed by atoms with E-state index < -0.39 is 0 Å². The summed E-state index contributed by atoms with van der Waals surface area (Å²) in [6.07, 6.45) is 0.583. The fraction of sp³-hybridized carbons (Fsp3) is 0.100. The smallest absolute Gasteiger partial charge is 0.194 e. The maximum absolute atomic E-state index is 9.94. The number of nitrogens with zero attached hydrogens (tertiary/aromatic N) is 1. The van der Waals surface area contributed by atoms with Crippen molar-refractivity contribution in [3.8, 4) is 12.0 Å². The number of hydrogen-bond acceptors (Lipinski definition) is 2. The molecule has 0 unspecified atom stereocenters. The third-order valence-electron chi connectivity index (χ3n) is 1.43. The van der Waals surface area contributed by atoms with Gasteiger partial charge in [0.1, 0.15) is 0 Å². The van der Waals surface area contributed by atoms with Crippen LogP contribution in [0.3, 0.4) is 0 Å². The lowest BCUT2D eigenvalue weighted by Crippen LogP contribution is -2.07. The van der Waals surface area contributed by atoms with Crippen LogP contribution in [0.25, 0.3) is 0 Å². The van der Waals surface area contributed by atoms with Crippen molar-refractivity contribution in [1.29, 1.82) is 0 Å². The highest BCUT2D eigenvalue weighted by atomic mass is 16.1. The van der Waals surface area contributed by atoms with Crippen LogP contribution in [0.1, 0.15) is 0 Å². The molecule has 1 aromatic rings. The Morgan fingerprint density at radius 2 is 2.00 bits per heavy atom. The van der Waals surface area contributed by atoms with Gasteiger partial charge in [-0.2, -0.15) is 0 Å². The summed E-state index contributed by atoms with van der Waals surface area (Å²) in [4.78, 5) is 11.6. The van der Waals surface area contributed by atoms with Gasteiger partial charge in [0.15, 0.2) is 6.29 Å². The number of rotatable bonds is 1. The van der Waals surface area contributed by atoms with Crippen LogP contribution in [-0.4, -0.2) is 13.3 Å². The van der Waals surface area contributed by atoms with Gasteiger partial charge in [0.25, 0.3) is 0 Å². The van der Waals surface area contributed by atoms with Crippen molar-refractivity contribution in [3.63, 3.8) is 0 Å². The molecular weight excluding hydrogens is 150 g/mol. The van der Waals surface area contributed by atoms with E-state index in [4.69, 9.17) is 0 Å². The minimum Gasteiger partial charge on any atom is -0.304 e. The lowest BCUT2D eigenvalue weighted by Gasteiger charge is -2.09. The summed E-state index contributed by atoms with van der Waals surface area (Å²) in [5, 5.41) is 0. The standard InChI is InChI=1S/C10H9NO/c1-11(8-5-9-12)10-6-3-2-4-7-10/h2-4,6-7,9H,1H3. The summed E-state index contributed by atoms with van der Waals surface area (Å²) in [7, 11) is 1.81. The normalized spacial score (nSPS) is 8.08. The molecule has 0 aliphatic rings. The molecule has 60 valence electrons. The number of benzene rings is 1. The summed E-state index contributed by atoms with van der Waals surface area (Å²) in [6, 6.07) is 12.3. The molecule has 1 aromatic carbocycles. The Kier molecular flexibility index (Phi) is 2.92. The second-order valence-corrected chi connectivity index (χ2v) is 2.27. The number of hydrogen-bond donors (Lipinski definition) is 0. The minimum atomic E-state index is 0.583. The van der Waals surface area contributed by atoms with Gasteiger partial charge in [-0.1, -0.05) is 18.2 Å². The Bertz CT molecular complexity index is 308. The van der Waals surface area contributed by atoms with Crippen LogP contribution in [-0.2, 0) is 4.79 Å². The fourth-order valence-electron chi connectivity index (χ4n) is 0.839. The SMILES string of the molecule is CN(C#CC=O)c1ccccc1. The van der Waals surface area contributed by atoms with Crippen molar-refractivity contribution >= 4 is 12.0 Å². The Hall–Kier alpha value is -1.75. The predicted molar refractivity (Wildman–Crippen MR) is 48.7 cm³/mol. The Balaban J connectivity index is 2.78. The molecule has 0 bridgehead atoms. The first-order chi connectivity index (χ1) is 5.84. The van der Waals surface area contributed by atoms with E-state index in [0.717, 1.165) is 5.69 Å². The summed E-state index contributed by atoms with van der Waals surface area (Å²) in [5.41, 5.74) is 0.979. The number of aldehydes is 1. The molecular formula is C10H9NO. The van der Waals surface area contributed by atoms with E-state index in [2.05, 4.69) is 12.0 Å². The summed E-state index contributed by atoms with van der Waals surface area (Å²) < 4.78 is 0. The number of carbonyl (C=O) groups excluding carboxylic acids is 1. The summed E-state index contributed by atoms with van der Waals surface area (Å²) >= 11 is 0. The van der Waals surface area contributed by atoms with Crippen LogP contribution in [0.2, 0.25) is 0 Å². The highest BCUT2D eigenvalue weighted by molar-refractivity contribution is 5.73. The summed E-state index contributed by atoms with van der Waals surface area (Å²) in [6.45, 7) is 0. The van der Waals surface area contributed by atoms with Gasteiger partial charge in [0, 0.05) is 18.8 Å². The van der Waals surface area contributed by atoms with Crippen molar-refractivity contribution < 1.29 is 4.79 Å². The molecule has 0 spiro atoms. The zero-order valence-corrected chi connectivity index (χ0v) is 6.82. The molecule has 0 radical (unpaired) electrons. The molecule has 0 fully saturated rings. The largest absolute Gasteiger partial charge is 0.304 e. The molecule has 0 aliphatic heterocycles. The molecule has 2 nitrogen and oxygen atoms in total. The van der Waals surface area contributed by atoms with Crippen LogP contribution in [0, 0.1) is 12.0 Å². The average Bonchev–Trinajstić information content (AvgIpc) is 2.15. The van der Waals surface area contributed by atoms with Crippen molar-refractivity contribution in [2.45, 2.75) is 0 Å². The molecule has 0 N–H and O–H groups in total. The van der Waals surface area contributed by atoms with E-state index >= 15 is 0 Å². The molecule has 0 amide bonds. The van der Waals surface area contributed by atoms with Crippen LogP contribution in [0.15, 0.2) is 30.3 Å². The van der Waals surface area contributed by atoms with Gasteiger partial charge >= 0.3 is 0 Å². The third-order valence-corrected chi connectivity index (χ3v) is 1.43. The summed E-state index contributed by atoms with van der Waals surface area (Å²) in [5.74, 6) is 2.34. The molecule has 2 heteroatoms. The van der Waals surface area contributed by atoms with E-state index in [1.54, 1.807) is 4.90 Å². The first-order valence-electron chi connectivity index (χ1n) is 3.58. The molecule has 0 atom stereocenters. The molecule has 12 heavy (non-hydrogen) atoms. The lowest BCUT2D eigenvalue weighted by molar-refractivity contribution is -0.103. The fourth-order valence-corrected chi connectivity index (χ4v) is 0.839. The predicted octanol–water partition coefficient (Wildman–Crippen LogP) is 1.28. The van der Waals surface area contributed by atoms with Gasteiger partial charge < -0.3 is 4.90 Å². The van der Waals surface area contributed by atoms with Crippen molar-refractivity contribution in [3.05, 3.63) is 30.3 Å². The van der Waals surface area contributed by atoms with Crippen molar-refractivity contribution in [2.75, 3.05) is 11.9 Å². The van der Waals surface area contributed by atoms with E-state index in [1.165, 1.54) is 0 Å². The van der Waals surface area contributed by atoms with E-state index in [9.17, 15) is 4.79 Å². The number of carbonyl (C=O) groups is 1. The van der Waals surface area contributed by atoms with E-state index in [-0.39, 0.29) is 0 Å². The zero-order chi connectivity index (χ0) is 8.81. The van der Waals surface area contributed by atoms with Gasteiger partial charge in [-0.15, -0.1) is 0 Å². The maximum atomic E-state index is 9.94. The van der Waals surface area contributed by atoms with Crippen molar-refractivity contribution in [1.82, 2.24) is 0 Å². The van der Waals surface area contributed by atoms with E-state index in [1.807, 2.05) is 37.4 Å². The Labute approximate surface area is 71.8 Å². The highest BCUT2D eigenvalue weighted by Crippen LogP contribution is 2.08. The first-order valence-corrected chi connectivity index (χ1v) is 3.58. The molecule has 0 saturated carbocycles.